The van der Waals surface area contributed by atoms with E-state index in [1.54, 1.807) is 12.1 Å². The van der Waals surface area contributed by atoms with E-state index in [0.29, 0.717) is 11.0 Å². The number of nitrogens with zero attached hydrogens (tertiary/aromatic N) is 2. The minimum Gasteiger partial charge on any atom is -0.316 e. The molecule has 6 heteroatoms. The Morgan fingerprint density at radius 2 is 2.38 bits per heavy atom. The van der Waals surface area contributed by atoms with Gasteiger partial charge >= 0.3 is 0 Å². The van der Waals surface area contributed by atoms with Gasteiger partial charge in [0.15, 0.2) is 11.0 Å². The second-order valence-corrected chi connectivity index (χ2v) is 4.16. The third-order valence-electron chi connectivity index (χ3n) is 2.55. The van der Waals surface area contributed by atoms with E-state index in [1.807, 2.05) is 0 Å². The lowest BCUT2D eigenvalue weighted by Crippen LogP contribution is -2.37. The second-order valence-electron chi connectivity index (χ2n) is 3.77. The van der Waals surface area contributed by atoms with E-state index in [9.17, 15) is 4.79 Å². The number of carbonyl (C=O) groups is 1. The summed E-state index contributed by atoms with van der Waals surface area (Å²) in [5.74, 6) is 0.454. The molecular weight excluding hydrogens is 228 g/mol. The van der Waals surface area contributed by atoms with E-state index in [0.717, 1.165) is 25.9 Å². The van der Waals surface area contributed by atoms with Gasteiger partial charge in [-0.05, 0) is 31.5 Å². The molecule has 0 aromatic carbocycles. The van der Waals surface area contributed by atoms with Crippen LogP contribution in [-0.2, 0) is 4.79 Å². The van der Waals surface area contributed by atoms with Crippen LogP contribution in [0.15, 0.2) is 12.1 Å². The van der Waals surface area contributed by atoms with Crippen molar-refractivity contribution in [2.45, 2.75) is 12.8 Å². The lowest BCUT2D eigenvalue weighted by atomic mass is 9.99. The summed E-state index contributed by atoms with van der Waals surface area (Å²) in [5.41, 5.74) is 0. The minimum absolute atomic E-state index is 0.0103. The van der Waals surface area contributed by atoms with Crippen molar-refractivity contribution in [2.24, 2.45) is 5.92 Å². The summed E-state index contributed by atoms with van der Waals surface area (Å²) in [6, 6.07) is 3.24. The summed E-state index contributed by atoms with van der Waals surface area (Å²) in [4.78, 5) is 11.8. The molecular formula is C10H13ClN4O. The Kier molecular flexibility index (Phi) is 3.69. The van der Waals surface area contributed by atoms with Crippen LogP contribution in [0, 0.1) is 5.92 Å². The zero-order valence-corrected chi connectivity index (χ0v) is 9.50. The Bertz CT molecular complexity index is 362. The van der Waals surface area contributed by atoms with E-state index in [1.165, 1.54) is 0 Å². The summed E-state index contributed by atoms with van der Waals surface area (Å²) >= 11 is 5.60. The number of piperidine rings is 1. The normalized spacial score (nSPS) is 20.4. The van der Waals surface area contributed by atoms with Gasteiger partial charge in [0.25, 0.3) is 0 Å². The highest BCUT2D eigenvalue weighted by atomic mass is 35.5. The van der Waals surface area contributed by atoms with Crippen LogP contribution in [-0.4, -0.2) is 29.2 Å². The molecule has 0 saturated carbocycles. The molecule has 1 saturated heterocycles. The largest absolute Gasteiger partial charge is 0.316 e. The van der Waals surface area contributed by atoms with E-state index in [-0.39, 0.29) is 11.8 Å². The van der Waals surface area contributed by atoms with E-state index in [2.05, 4.69) is 20.8 Å². The molecule has 0 aliphatic carbocycles. The minimum atomic E-state index is -0.0103. The third-order valence-corrected chi connectivity index (χ3v) is 2.75. The van der Waals surface area contributed by atoms with Crippen molar-refractivity contribution in [1.82, 2.24) is 15.5 Å². The van der Waals surface area contributed by atoms with Crippen molar-refractivity contribution >= 4 is 23.3 Å². The average molecular weight is 241 g/mol. The zero-order valence-electron chi connectivity index (χ0n) is 8.74. The number of hydrogen-bond acceptors (Lipinski definition) is 4. The molecule has 0 radical (unpaired) electrons. The Morgan fingerprint density at radius 1 is 1.50 bits per heavy atom. The van der Waals surface area contributed by atoms with Gasteiger partial charge < -0.3 is 10.6 Å². The summed E-state index contributed by atoms with van der Waals surface area (Å²) < 4.78 is 0. The lowest BCUT2D eigenvalue weighted by molar-refractivity contribution is -0.120. The number of aromatic nitrogens is 2. The first-order valence-electron chi connectivity index (χ1n) is 5.26. The third kappa shape index (κ3) is 2.90. The monoisotopic (exact) mass is 240 g/mol. The van der Waals surface area contributed by atoms with Crippen LogP contribution in [0.1, 0.15) is 12.8 Å². The molecule has 0 unspecified atom stereocenters. The van der Waals surface area contributed by atoms with E-state index in [4.69, 9.17) is 11.6 Å². The van der Waals surface area contributed by atoms with Crippen molar-refractivity contribution in [3.63, 3.8) is 0 Å². The van der Waals surface area contributed by atoms with Gasteiger partial charge in [-0.3, -0.25) is 4.79 Å². The fourth-order valence-electron chi connectivity index (χ4n) is 1.69. The molecule has 1 aromatic rings. The van der Waals surface area contributed by atoms with Crippen LogP contribution >= 0.6 is 11.6 Å². The molecule has 5 nitrogen and oxygen atoms in total. The van der Waals surface area contributed by atoms with Gasteiger partial charge in [-0.15, -0.1) is 10.2 Å². The first kappa shape index (κ1) is 11.3. The smallest absolute Gasteiger partial charge is 0.229 e. The van der Waals surface area contributed by atoms with Crippen LogP contribution in [0.4, 0.5) is 5.82 Å². The lowest BCUT2D eigenvalue weighted by Gasteiger charge is -2.21. The van der Waals surface area contributed by atoms with Gasteiger partial charge in [0, 0.05) is 6.54 Å². The molecule has 86 valence electrons. The SMILES string of the molecule is O=C(Nc1ccc(Cl)nn1)[C@H]1CCCNC1. The van der Waals surface area contributed by atoms with Crippen molar-refractivity contribution in [3.8, 4) is 0 Å². The quantitative estimate of drug-likeness (QED) is 0.812. The summed E-state index contributed by atoms with van der Waals surface area (Å²) in [7, 11) is 0. The number of anilines is 1. The maximum Gasteiger partial charge on any atom is 0.229 e. The van der Waals surface area contributed by atoms with E-state index >= 15 is 0 Å². The summed E-state index contributed by atoms with van der Waals surface area (Å²) in [6.45, 7) is 1.72. The summed E-state index contributed by atoms with van der Waals surface area (Å²) in [5, 5.41) is 13.7. The van der Waals surface area contributed by atoms with Crippen molar-refractivity contribution in [2.75, 3.05) is 18.4 Å². The van der Waals surface area contributed by atoms with Gasteiger partial charge in [0.05, 0.1) is 5.92 Å². The molecule has 1 aromatic heterocycles. The highest BCUT2D eigenvalue weighted by Crippen LogP contribution is 2.13. The van der Waals surface area contributed by atoms with Gasteiger partial charge in [-0.1, -0.05) is 11.6 Å². The first-order valence-corrected chi connectivity index (χ1v) is 5.64. The highest BCUT2D eigenvalue weighted by molar-refractivity contribution is 6.29. The average Bonchev–Trinajstić information content (AvgIpc) is 2.33. The van der Waals surface area contributed by atoms with Crippen molar-refractivity contribution < 1.29 is 4.79 Å². The Labute approximate surface area is 98.6 Å². The number of nitrogens with one attached hydrogen (secondary N) is 2. The second kappa shape index (κ2) is 5.23. The predicted molar refractivity (Wildman–Crippen MR) is 61.3 cm³/mol. The summed E-state index contributed by atoms with van der Waals surface area (Å²) in [6.07, 6.45) is 1.95. The Balaban J connectivity index is 1.93. The molecule has 1 aliphatic rings. The Hall–Kier alpha value is -1.20. The zero-order chi connectivity index (χ0) is 11.4. The molecule has 0 bridgehead atoms. The standard InChI is InChI=1S/C10H13ClN4O/c11-8-3-4-9(15-14-8)13-10(16)7-2-1-5-12-6-7/h3-4,7,12H,1-2,5-6H2,(H,13,15,16)/t7-/m0/s1. The van der Waals surface area contributed by atoms with E-state index < -0.39 is 0 Å². The van der Waals surface area contributed by atoms with Gasteiger partial charge in [0.1, 0.15) is 0 Å². The van der Waals surface area contributed by atoms with Gasteiger partial charge in [-0.25, -0.2) is 0 Å². The molecule has 16 heavy (non-hydrogen) atoms. The molecule has 1 amide bonds. The number of carbonyl (C=O) groups excluding carboxylic acids is 1. The maximum atomic E-state index is 11.8. The van der Waals surface area contributed by atoms with Crippen LogP contribution < -0.4 is 10.6 Å². The molecule has 2 N–H and O–H groups in total. The van der Waals surface area contributed by atoms with Crippen LogP contribution in [0.2, 0.25) is 5.15 Å². The molecule has 0 spiro atoms. The fourth-order valence-corrected chi connectivity index (χ4v) is 1.79. The fraction of sp³-hybridized carbons (Fsp3) is 0.500. The molecule has 1 atom stereocenters. The number of amides is 1. The maximum absolute atomic E-state index is 11.8. The van der Waals surface area contributed by atoms with Crippen molar-refractivity contribution in [3.05, 3.63) is 17.3 Å². The highest BCUT2D eigenvalue weighted by Gasteiger charge is 2.21. The number of rotatable bonds is 2. The van der Waals surface area contributed by atoms with Crippen LogP contribution in [0.5, 0.6) is 0 Å². The molecule has 2 rings (SSSR count). The Morgan fingerprint density at radius 3 is 3.00 bits per heavy atom. The first-order chi connectivity index (χ1) is 7.75. The van der Waals surface area contributed by atoms with Gasteiger partial charge in [0.2, 0.25) is 5.91 Å². The van der Waals surface area contributed by atoms with Crippen molar-refractivity contribution in [1.29, 1.82) is 0 Å². The van der Waals surface area contributed by atoms with Gasteiger partial charge in [-0.2, -0.15) is 0 Å². The predicted octanol–water partition coefficient (Wildman–Crippen LogP) is 1.07. The topological polar surface area (TPSA) is 66.9 Å². The van der Waals surface area contributed by atoms with Crippen LogP contribution in [0.25, 0.3) is 0 Å². The molecule has 1 fully saturated rings. The van der Waals surface area contributed by atoms with Crippen LogP contribution in [0.3, 0.4) is 0 Å². The number of hydrogen-bond donors (Lipinski definition) is 2. The molecule has 1 aliphatic heterocycles. The number of halogens is 1. The molecule has 2 heterocycles.